The second kappa shape index (κ2) is 7.62. The van der Waals surface area contributed by atoms with Crippen molar-refractivity contribution in [3.8, 4) is 0 Å². The van der Waals surface area contributed by atoms with Crippen molar-refractivity contribution in [3.05, 3.63) is 0 Å². The maximum Gasteiger partial charge on any atom is 0.303 e. The molecular formula is C15H27NO4. The molecule has 3 N–H and O–H groups in total. The van der Waals surface area contributed by atoms with E-state index in [0.29, 0.717) is 0 Å². The normalized spacial score (nSPS) is 20.9. The molecule has 0 bridgehead atoms. The zero-order valence-electron chi connectivity index (χ0n) is 12.5. The number of carboxylic acids is 1. The first kappa shape index (κ1) is 17.0. The van der Waals surface area contributed by atoms with Crippen molar-refractivity contribution in [2.24, 2.45) is 11.3 Å². The molecule has 1 saturated carbocycles. The van der Waals surface area contributed by atoms with Crippen LogP contribution >= 0.6 is 0 Å². The van der Waals surface area contributed by atoms with Crippen LogP contribution in [0, 0.1) is 11.3 Å². The number of carbonyl (C=O) groups excluding carboxylic acids is 1. The Morgan fingerprint density at radius 2 is 1.75 bits per heavy atom. The molecule has 0 spiro atoms. The van der Waals surface area contributed by atoms with Crippen LogP contribution in [0.5, 0.6) is 0 Å². The van der Waals surface area contributed by atoms with E-state index in [9.17, 15) is 9.59 Å². The standard InChI is InChI=1S/C15H27NO4/c1-11(10-17)12(2)16-13(18)8-15(9-14(19)20)6-4-3-5-7-15/h11-12,17H,3-10H2,1-2H3,(H,16,18)(H,19,20). The van der Waals surface area contributed by atoms with Crippen molar-refractivity contribution in [2.45, 2.75) is 64.8 Å². The van der Waals surface area contributed by atoms with Gasteiger partial charge in [0.1, 0.15) is 0 Å². The Kier molecular flexibility index (Phi) is 6.46. The van der Waals surface area contributed by atoms with E-state index in [1.807, 2.05) is 13.8 Å². The molecule has 0 saturated heterocycles. The maximum atomic E-state index is 12.1. The van der Waals surface area contributed by atoms with Crippen LogP contribution in [0.4, 0.5) is 0 Å². The van der Waals surface area contributed by atoms with Crippen LogP contribution in [0.15, 0.2) is 0 Å². The van der Waals surface area contributed by atoms with Gasteiger partial charge in [-0.2, -0.15) is 0 Å². The van der Waals surface area contributed by atoms with Crippen molar-refractivity contribution in [1.29, 1.82) is 0 Å². The third kappa shape index (κ3) is 5.12. The van der Waals surface area contributed by atoms with Crippen molar-refractivity contribution in [1.82, 2.24) is 5.32 Å². The number of nitrogens with one attached hydrogen (secondary N) is 1. The Morgan fingerprint density at radius 3 is 2.25 bits per heavy atom. The van der Waals surface area contributed by atoms with Crippen molar-refractivity contribution >= 4 is 11.9 Å². The van der Waals surface area contributed by atoms with Gasteiger partial charge in [-0.25, -0.2) is 0 Å². The SMILES string of the molecule is CC(CO)C(C)NC(=O)CC1(CC(=O)O)CCCCC1. The average Bonchev–Trinajstić information content (AvgIpc) is 2.37. The molecule has 0 aromatic rings. The number of carboxylic acid groups (broad SMARTS) is 1. The molecule has 0 radical (unpaired) electrons. The van der Waals surface area contributed by atoms with E-state index in [4.69, 9.17) is 10.2 Å². The van der Waals surface area contributed by atoms with E-state index in [1.54, 1.807) is 0 Å². The Balaban J connectivity index is 2.60. The lowest BCUT2D eigenvalue weighted by molar-refractivity contribution is -0.141. The number of aliphatic hydroxyl groups excluding tert-OH is 1. The summed E-state index contributed by atoms with van der Waals surface area (Å²) in [6, 6.07) is -0.0991. The van der Waals surface area contributed by atoms with Crippen LogP contribution in [0.25, 0.3) is 0 Å². The minimum Gasteiger partial charge on any atom is -0.481 e. The largest absolute Gasteiger partial charge is 0.481 e. The molecule has 5 heteroatoms. The van der Waals surface area contributed by atoms with Gasteiger partial charge in [0.05, 0.1) is 6.42 Å². The molecule has 0 heterocycles. The van der Waals surface area contributed by atoms with Crippen molar-refractivity contribution < 1.29 is 19.8 Å². The fourth-order valence-corrected chi connectivity index (χ4v) is 2.98. The van der Waals surface area contributed by atoms with Gasteiger partial charge in [0.15, 0.2) is 0 Å². The first-order valence-corrected chi connectivity index (χ1v) is 7.50. The first-order valence-electron chi connectivity index (χ1n) is 7.50. The van der Waals surface area contributed by atoms with Gasteiger partial charge >= 0.3 is 5.97 Å². The average molecular weight is 285 g/mol. The summed E-state index contributed by atoms with van der Waals surface area (Å²) in [5.41, 5.74) is -0.379. The minimum absolute atomic E-state index is 0.000676. The molecule has 2 unspecified atom stereocenters. The van der Waals surface area contributed by atoms with Crippen LogP contribution in [-0.2, 0) is 9.59 Å². The molecule has 1 fully saturated rings. The number of hydrogen-bond donors (Lipinski definition) is 3. The maximum absolute atomic E-state index is 12.1. The monoisotopic (exact) mass is 285 g/mol. The van der Waals surface area contributed by atoms with E-state index >= 15 is 0 Å². The second-order valence-corrected chi connectivity index (χ2v) is 6.32. The van der Waals surface area contributed by atoms with Crippen molar-refractivity contribution in [3.63, 3.8) is 0 Å². The lowest BCUT2D eigenvalue weighted by Crippen LogP contribution is -2.41. The fraction of sp³-hybridized carbons (Fsp3) is 0.867. The van der Waals surface area contributed by atoms with Crippen LogP contribution in [-0.4, -0.2) is 34.7 Å². The summed E-state index contributed by atoms with van der Waals surface area (Å²) >= 11 is 0. The number of hydrogen-bond acceptors (Lipinski definition) is 3. The first-order chi connectivity index (χ1) is 9.38. The zero-order chi connectivity index (χ0) is 15.2. The number of rotatable bonds is 7. The predicted molar refractivity (Wildman–Crippen MR) is 76.2 cm³/mol. The van der Waals surface area contributed by atoms with E-state index in [-0.39, 0.29) is 42.7 Å². The fourth-order valence-electron chi connectivity index (χ4n) is 2.98. The van der Waals surface area contributed by atoms with E-state index in [0.717, 1.165) is 32.1 Å². The smallest absolute Gasteiger partial charge is 0.303 e. The highest BCUT2D eigenvalue weighted by Crippen LogP contribution is 2.42. The van der Waals surface area contributed by atoms with Crippen LogP contribution < -0.4 is 5.32 Å². The number of carbonyl (C=O) groups is 2. The summed E-state index contributed by atoms with van der Waals surface area (Å²) in [7, 11) is 0. The molecule has 0 aromatic heterocycles. The third-order valence-corrected chi connectivity index (χ3v) is 4.51. The highest BCUT2D eigenvalue weighted by atomic mass is 16.4. The Labute approximate surface area is 120 Å². The Hall–Kier alpha value is -1.10. The highest BCUT2D eigenvalue weighted by Gasteiger charge is 2.36. The number of aliphatic hydroxyl groups is 1. The van der Waals surface area contributed by atoms with Gasteiger partial charge in [-0.1, -0.05) is 26.2 Å². The summed E-state index contributed by atoms with van der Waals surface area (Å²) < 4.78 is 0. The van der Waals surface area contributed by atoms with Gasteiger partial charge in [-0.15, -0.1) is 0 Å². The third-order valence-electron chi connectivity index (χ3n) is 4.51. The molecule has 0 aliphatic heterocycles. The summed E-state index contributed by atoms with van der Waals surface area (Å²) in [4.78, 5) is 23.2. The van der Waals surface area contributed by atoms with Gasteiger partial charge < -0.3 is 15.5 Å². The second-order valence-electron chi connectivity index (χ2n) is 6.32. The van der Waals surface area contributed by atoms with Gasteiger partial charge in [-0.05, 0) is 31.1 Å². The molecule has 1 rings (SSSR count). The van der Waals surface area contributed by atoms with Crippen molar-refractivity contribution in [2.75, 3.05) is 6.61 Å². The minimum atomic E-state index is -0.823. The quantitative estimate of drug-likeness (QED) is 0.667. The lowest BCUT2D eigenvalue weighted by atomic mass is 9.69. The Bertz CT molecular complexity index is 337. The van der Waals surface area contributed by atoms with Crippen LogP contribution in [0.1, 0.15) is 58.8 Å². The molecule has 116 valence electrons. The predicted octanol–water partition coefficient (Wildman–Crippen LogP) is 1.93. The molecular weight excluding hydrogens is 258 g/mol. The number of aliphatic carboxylic acids is 1. The highest BCUT2D eigenvalue weighted by molar-refractivity contribution is 5.78. The molecule has 0 aromatic carbocycles. The zero-order valence-corrected chi connectivity index (χ0v) is 12.5. The van der Waals surface area contributed by atoms with E-state index < -0.39 is 5.97 Å². The summed E-state index contributed by atoms with van der Waals surface area (Å²) in [5, 5.41) is 21.1. The molecule has 1 aliphatic rings. The number of amides is 1. The van der Waals surface area contributed by atoms with E-state index in [1.165, 1.54) is 0 Å². The molecule has 5 nitrogen and oxygen atoms in total. The van der Waals surface area contributed by atoms with E-state index in [2.05, 4.69) is 5.32 Å². The summed E-state index contributed by atoms with van der Waals surface area (Å²) in [6.45, 7) is 3.77. The van der Waals surface area contributed by atoms with Gasteiger partial charge in [0.2, 0.25) is 5.91 Å². The molecule has 1 amide bonds. The topological polar surface area (TPSA) is 86.6 Å². The summed E-state index contributed by atoms with van der Waals surface area (Å²) in [5.74, 6) is -0.918. The molecule has 20 heavy (non-hydrogen) atoms. The van der Waals surface area contributed by atoms with Gasteiger partial charge in [0, 0.05) is 19.1 Å². The molecule has 2 atom stereocenters. The van der Waals surface area contributed by atoms with Gasteiger partial charge in [0.25, 0.3) is 0 Å². The van der Waals surface area contributed by atoms with Gasteiger partial charge in [-0.3, -0.25) is 9.59 Å². The van der Waals surface area contributed by atoms with Crippen LogP contribution in [0.2, 0.25) is 0 Å². The lowest BCUT2D eigenvalue weighted by Gasteiger charge is -2.36. The van der Waals surface area contributed by atoms with Crippen LogP contribution in [0.3, 0.4) is 0 Å². The Morgan fingerprint density at radius 1 is 1.15 bits per heavy atom. The molecule has 1 aliphatic carbocycles. The summed E-state index contributed by atoms with van der Waals surface area (Å²) in [6.07, 6.45) is 5.12.